The Kier molecular flexibility index (Phi) is 8.65. The van der Waals surface area contributed by atoms with Crippen molar-refractivity contribution in [3.05, 3.63) is 90.9 Å². The Morgan fingerprint density at radius 2 is 1.73 bits per heavy atom. The number of hydrogen-bond donors (Lipinski definition) is 0. The quantitative estimate of drug-likeness (QED) is 0.182. The van der Waals surface area contributed by atoms with Crippen LogP contribution in [-0.2, 0) is 26.5 Å². The van der Waals surface area contributed by atoms with Crippen molar-refractivity contribution in [1.29, 1.82) is 0 Å². The SMILES string of the molecule is CC(C)c1nc2c(Oc3cc(C(C)(C)C)ccn3)[c-]c(Oc3[c-]c(N4C=CN(C)[CH-]4)ccc3)cn2c1C(C)C.[Pt]. The van der Waals surface area contributed by atoms with Gasteiger partial charge in [-0.1, -0.05) is 60.7 Å². The molecule has 4 heterocycles. The van der Waals surface area contributed by atoms with E-state index in [0.717, 1.165) is 22.6 Å². The van der Waals surface area contributed by atoms with Crippen LogP contribution in [0.2, 0.25) is 0 Å². The van der Waals surface area contributed by atoms with E-state index in [2.05, 4.69) is 70.0 Å². The van der Waals surface area contributed by atoms with Crippen LogP contribution in [-0.4, -0.2) is 26.3 Å². The van der Waals surface area contributed by atoms with Gasteiger partial charge in [-0.25, -0.2) is 4.98 Å². The monoisotopic (exact) mass is 717 g/mol. The number of ether oxygens (including phenoxy) is 2. The topological polar surface area (TPSA) is 55.1 Å². The van der Waals surface area contributed by atoms with E-state index in [0.29, 0.717) is 28.8 Å². The first-order valence-electron chi connectivity index (χ1n) is 13.4. The van der Waals surface area contributed by atoms with Crippen LogP contribution in [0.25, 0.3) is 5.65 Å². The second kappa shape index (κ2) is 11.7. The van der Waals surface area contributed by atoms with Gasteiger partial charge in [-0.2, -0.15) is 12.7 Å². The molecule has 0 radical (unpaired) electrons. The average molecular weight is 718 g/mol. The molecule has 0 atom stereocenters. The van der Waals surface area contributed by atoms with Crippen molar-refractivity contribution >= 4 is 11.3 Å². The second-order valence-electron chi connectivity index (χ2n) is 11.6. The molecule has 0 fully saturated rings. The summed E-state index contributed by atoms with van der Waals surface area (Å²) in [6.07, 6.45) is 7.67. The maximum atomic E-state index is 6.38. The summed E-state index contributed by atoms with van der Waals surface area (Å²) in [6, 6.07) is 16.5. The molecule has 7 nitrogen and oxygen atoms in total. The van der Waals surface area contributed by atoms with Gasteiger partial charge in [0.25, 0.3) is 0 Å². The number of nitrogens with zero attached hydrogens (tertiary/aromatic N) is 5. The molecule has 5 rings (SSSR count). The molecule has 40 heavy (non-hydrogen) atoms. The number of pyridine rings is 2. The first-order valence-corrected chi connectivity index (χ1v) is 13.4. The number of hydrogen-bond acceptors (Lipinski definition) is 6. The van der Waals surface area contributed by atoms with E-state index in [1.165, 1.54) is 0 Å². The number of anilines is 1. The zero-order valence-corrected chi connectivity index (χ0v) is 26.6. The van der Waals surface area contributed by atoms with Gasteiger partial charge in [0.1, 0.15) is 0 Å². The molecule has 0 saturated carbocycles. The Morgan fingerprint density at radius 3 is 2.38 bits per heavy atom. The maximum absolute atomic E-state index is 6.38. The summed E-state index contributed by atoms with van der Waals surface area (Å²) in [5, 5.41) is 0. The van der Waals surface area contributed by atoms with Gasteiger partial charge >= 0.3 is 0 Å². The second-order valence-corrected chi connectivity index (χ2v) is 11.6. The van der Waals surface area contributed by atoms with Crippen LogP contribution >= 0.6 is 0 Å². The molecule has 4 aromatic rings. The molecule has 214 valence electrons. The van der Waals surface area contributed by atoms with Crippen molar-refractivity contribution in [2.75, 3.05) is 11.9 Å². The van der Waals surface area contributed by atoms with Crippen LogP contribution in [0, 0.1) is 18.8 Å². The van der Waals surface area contributed by atoms with Crippen LogP contribution in [0.1, 0.15) is 77.3 Å². The smallest absolute Gasteiger partial charge is 0.216 e. The third kappa shape index (κ3) is 6.20. The maximum Gasteiger partial charge on any atom is 0.216 e. The average Bonchev–Trinajstić information content (AvgIpc) is 3.48. The molecule has 0 amide bonds. The first kappa shape index (κ1) is 29.7. The molecular formula is C32H36N5O2Pt-3. The molecular weight excluding hydrogens is 681 g/mol. The third-order valence-corrected chi connectivity index (χ3v) is 6.58. The molecule has 8 heteroatoms. The summed E-state index contributed by atoms with van der Waals surface area (Å²) in [5.41, 5.74) is 4.82. The van der Waals surface area contributed by atoms with Gasteiger partial charge in [-0.15, -0.1) is 23.9 Å². The van der Waals surface area contributed by atoms with E-state index >= 15 is 0 Å². The van der Waals surface area contributed by atoms with Gasteiger partial charge in [0.05, 0.1) is 11.4 Å². The predicted octanol–water partition coefficient (Wildman–Crippen LogP) is 7.80. The zero-order chi connectivity index (χ0) is 27.9. The number of fused-ring (bicyclic) bond motifs is 1. The van der Waals surface area contributed by atoms with Crippen molar-refractivity contribution in [1.82, 2.24) is 19.3 Å². The summed E-state index contributed by atoms with van der Waals surface area (Å²) in [4.78, 5) is 13.5. The van der Waals surface area contributed by atoms with E-state index < -0.39 is 0 Å². The van der Waals surface area contributed by atoms with E-state index in [4.69, 9.17) is 14.5 Å². The number of imidazole rings is 1. The van der Waals surface area contributed by atoms with Crippen molar-refractivity contribution in [2.45, 2.75) is 65.7 Å². The molecule has 0 bridgehead atoms. The Balaban J connectivity index is 0.00000370. The zero-order valence-electron chi connectivity index (χ0n) is 24.3. The van der Waals surface area contributed by atoms with Crippen molar-refractivity contribution in [2.24, 2.45) is 0 Å². The Bertz CT molecular complexity index is 1520. The largest absolute Gasteiger partial charge is 0.510 e. The van der Waals surface area contributed by atoms with Crippen molar-refractivity contribution in [3.8, 4) is 23.1 Å². The predicted molar refractivity (Wildman–Crippen MR) is 154 cm³/mol. The number of benzene rings is 1. The van der Waals surface area contributed by atoms with Crippen molar-refractivity contribution in [3.63, 3.8) is 0 Å². The minimum absolute atomic E-state index is 0. The molecule has 1 aromatic carbocycles. The third-order valence-electron chi connectivity index (χ3n) is 6.58. The van der Waals surface area contributed by atoms with E-state index in [-0.39, 0.29) is 38.3 Å². The molecule has 0 aliphatic carbocycles. The van der Waals surface area contributed by atoms with Gasteiger partial charge in [0, 0.05) is 56.2 Å². The standard InChI is InChI=1S/C32H36N5O2.Pt/c1-21(2)29-30(22(3)4)37-19-26(38-25-11-9-10-24(17-25)36-15-14-35(8)20-36)18-27(31(37)34-29)39-28-16-23(12-13-33-28)32(5,6)7;/h9-16,19-22H,1-8H3;/q-3;. The van der Waals surface area contributed by atoms with Crippen LogP contribution in [0.3, 0.4) is 0 Å². The van der Waals surface area contributed by atoms with Crippen molar-refractivity contribution < 1.29 is 30.5 Å². The van der Waals surface area contributed by atoms with Crippen LogP contribution in [0.4, 0.5) is 5.69 Å². The van der Waals surface area contributed by atoms with E-state index in [1.807, 2.05) is 72.4 Å². The Morgan fingerprint density at radius 1 is 0.950 bits per heavy atom. The van der Waals surface area contributed by atoms with Crippen LogP contribution in [0.15, 0.2) is 55.1 Å². The van der Waals surface area contributed by atoms with Gasteiger partial charge < -0.3 is 23.7 Å². The number of aromatic nitrogens is 3. The van der Waals surface area contributed by atoms with Crippen LogP contribution in [0.5, 0.6) is 23.1 Å². The molecule has 0 saturated heterocycles. The van der Waals surface area contributed by atoms with Gasteiger partial charge in [-0.3, -0.25) is 4.98 Å². The minimum atomic E-state index is -0.0361. The summed E-state index contributed by atoms with van der Waals surface area (Å²) in [5.74, 6) is 2.53. The van der Waals surface area contributed by atoms with Gasteiger partial charge in [0.15, 0.2) is 0 Å². The fourth-order valence-corrected chi connectivity index (χ4v) is 4.59. The fourth-order valence-electron chi connectivity index (χ4n) is 4.59. The Labute approximate surface area is 252 Å². The number of rotatable bonds is 7. The molecule has 3 aromatic heterocycles. The molecule has 1 aliphatic rings. The minimum Gasteiger partial charge on any atom is -0.510 e. The normalized spacial score (nSPS) is 13.4. The summed E-state index contributed by atoms with van der Waals surface area (Å²) in [7, 11) is 1.98. The Hall–Kier alpha value is -3.31. The molecule has 1 aliphatic heterocycles. The van der Waals surface area contributed by atoms with E-state index in [1.54, 1.807) is 6.20 Å². The van der Waals surface area contributed by atoms with E-state index in [9.17, 15) is 0 Å². The van der Waals surface area contributed by atoms with Crippen LogP contribution < -0.4 is 14.4 Å². The summed E-state index contributed by atoms with van der Waals surface area (Å²) >= 11 is 0. The van der Waals surface area contributed by atoms with Gasteiger partial charge in [0.2, 0.25) is 5.88 Å². The summed E-state index contributed by atoms with van der Waals surface area (Å²) in [6.45, 7) is 17.2. The summed E-state index contributed by atoms with van der Waals surface area (Å²) < 4.78 is 14.8. The first-order chi connectivity index (χ1) is 18.5. The fraction of sp³-hybridized carbons (Fsp3) is 0.344. The molecule has 0 spiro atoms. The molecule has 0 N–H and O–H groups in total. The van der Waals surface area contributed by atoms with Gasteiger partial charge in [-0.05, 0) is 48.3 Å². The molecule has 0 unspecified atom stereocenters.